The van der Waals surface area contributed by atoms with Gasteiger partial charge in [-0.3, -0.25) is 0 Å². The first-order valence-corrected chi connectivity index (χ1v) is 14.2. The fourth-order valence-corrected chi connectivity index (χ4v) is 7.34. The third kappa shape index (κ3) is 3.30. The van der Waals surface area contributed by atoms with Crippen molar-refractivity contribution >= 4 is 34.6 Å². The molecule has 60 valence electrons. The largest absolute Gasteiger partial charge is 1.00 e. The molecule has 0 aliphatic carbocycles. The average molecular weight is 279 g/mol. The van der Waals surface area contributed by atoms with Crippen LogP contribution in [0.2, 0.25) is 14.8 Å². The summed E-state index contributed by atoms with van der Waals surface area (Å²) in [5.41, 5.74) is 0. The van der Waals surface area contributed by atoms with Gasteiger partial charge in [-0.15, -0.1) is 0 Å². The molecular formula is C9H13LiSSn. The monoisotopic (exact) mass is 280 g/mol. The van der Waals surface area contributed by atoms with E-state index in [1.165, 1.54) is 3.58 Å². The fourth-order valence-electron chi connectivity index (χ4n) is 1.09. The van der Waals surface area contributed by atoms with Crippen LogP contribution >= 0.6 is 0 Å². The van der Waals surface area contributed by atoms with E-state index in [-0.39, 0.29) is 18.9 Å². The second-order valence-electron chi connectivity index (χ2n) is 3.75. The molecule has 0 atom stereocenters. The molecule has 0 aliphatic heterocycles. The number of benzene rings is 1. The number of rotatable bonds is 1. The second kappa shape index (κ2) is 4.90. The average Bonchev–Trinajstić information content (AvgIpc) is 1.86. The maximum Gasteiger partial charge on any atom is 1.00 e. The van der Waals surface area contributed by atoms with Gasteiger partial charge < -0.3 is 0 Å². The summed E-state index contributed by atoms with van der Waals surface area (Å²) in [7, 11) is 0. The third-order valence-electron chi connectivity index (χ3n) is 1.70. The van der Waals surface area contributed by atoms with Gasteiger partial charge in [0.25, 0.3) is 0 Å². The van der Waals surface area contributed by atoms with Gasteiger partial charge >= 0.3 is 97.4 Å². The Labute approximate surface area is 96.6 Å². The first kappa shape index (κ1) is 12.8. The Balaban J connectivity index is 0.00000121. The van der Waals surface area contributed by atoms with Crippen LogP contribution in [0.1, 0.15) is 0 Å². The maximum atomic E-state index is 5.25. The van der Waals surface area contributed by atoms with Crippen molar-refractivity contribution in [3.05, 3.63) is 24.3 Å². The molecule has 0 bridgehead atoms. The molecule has 0 spiro atoms. The summed E-state index contributed by atoms with van der Waals surface area (Å²) in [4.78, 5) is 8.23. The summed E-state index contributed by atoms with van der Waals surface area (Å²) >= 11 is 3.37. The smallest absolute Gasteiger partial charge is 1.00 e. The first-order chi connectivity index (χ1) is 5.02. The van der Waals surface area contributed by atoms with Gasteiger partial charge in [0.15, 0.2) is 0 Å². The normalized spacial score (nSPS) is 10.6. The van der Waals surface area contributed by atoms with Gasteiger partial charge in [-0.1, -0.05) is 0 Å². The summed E-state index contributed by atoms with van der Waals surface area (Å²) in [6, 6.07) is 8.34. The summed E-state index contributed by atoms with van der Waals surface area (Å²) < 4.78 is 1.47. The van der Waals surface area contributed by atoms with Crippen LogP contribution < -0.4 is 22.4 Å². The van der Waals surface area contributed by atoms with Crippen molar-refractivity contribution in [2.75, 3.05) is 0 Å². The Bertz CT molecular complexity index is 255. The molecule has 0 nitrogen and oxygen atoms in total. The molecule has 0 amide bonds. The molecule has 1 rings (SSSR count). The number of hydrogen-bond donors (Lipinski definition) is 0. The van der Waals surface area contributed by atoms with Crippen LogP contribution in [0.25, 0.3) is 0 Å². The predicted octanol–water partition coefficient (Wildman–Crippen LogP) is -0.858. The van der Waals surface area contributed by atoms with Crippen LogP contribution in [0.5, 0.6) is 0 Å². The van der Waals surface area contributed by atoms with Crippen LogP contribution in [0, 0.1) is 0 Å². The number of hydrogen-bond acceptors (Lipinski definition) is 1. The Kier molecular flexibility index (Phi) is 5.24. The molecule has 0 saturated carbocycles. The van der Waals surface area contributed by atoms with E-state index in [4.69, 9.17) is 12.6 Å². The van der Waals surface area contributed by atoms with E-state index in [0.717, 1.165) is 4.90 Å². The minimum Gasteiger partial charge on any atom is 1.00 e. The molecule has 0 fully saturated rings. The van der Waals surface area contributed by atoms with Crippen molar-refractivity contribution in [3.63, 3.8) is 0 Å². The molecule has 1 aromatic carbocycles. The molecule has 0 radical (unpaired) electrons. The van der Waals surface area contributed by atoms with E-state index in [1.54, 1.807) is 0 Å². The summed E-state index contributed by atoms with van der Waals surface area (Å²) in [6.45, 7) is 0. The Morgan fingerprint density at radius 3 is 1.92 bits per heavy atom. The van der Waals surface area contributed by atoms with Gasteiger partial charge in [0.2, 0.25) is 0 Å². The van der Waals surface area contributed by atoms with Gasteiger partial charge in [0, 0.05) is 0 Å². The van der Waals surface area contributed by atoms with E-state index in [2.05, 4.69) is 27.0 Å². The zero-order chi connectivity index (χ0) is 8.48. The van der Waals surface area contributed by atoms with E-state index in [0.29, 0.717) is 0 Å². The SMILES string of the molecule is [CH3][Sn]([CH3])([CH3])[c]1ccccc1[S-].[Li+]. The van der Waals surface area contributed by atoms with Crippen LogP contribution in [0.15, 0.2) is 29.2 Å². The molecule has 0 heterocycles. The van der Waals surface area contributed by atoms with Crippen LogP contribution in [-0.2, 0) is 12.6 Å². The van der Waals surface area contributed by atoms with Crippen molar-refractivity contribution in [3.8, 4) is 0 Å². The molecule has 0 N–H and O–H groups in total. The van der Waals surface area contributed by atoms with Gasteiger partial charge in [0.1, 0.15) is 0 Å². The zero-order valence-corrected chi connectivity index (χ0v) is 11.9. The molecule has 0 saturated heterocycles. The topological polar surface area (TPSA) is 0 Å². The van der Waals surface area contributed by atoms with Crippen LogP contribution in [0.4, 0.5) is 0 Å². The van der Waals surface area contributed by atoms with Crippen molar-refractivity contribution in [2.45, 2.75) is 19.7 Å². The molecule has 0 unspecified atom stereocenters. The van der Waals surface area contributed by atoms with Gasteiger partial charge in [0.05, 0.1) is 0 Å². The van der Waals surface area contributed by atoms with Crippen LogP contribution in [-0.4, -0.2) is 18.4 Å². The van der Waals surface area contributed by atoms with E-state index < -0.39 is 18.4 Å². The molecule has 0 aromatic heterocycles. The molecule has 12 heavy (non-hydrogen) atoms. The first-order valence-electron chi connectivity index (χ1n) is 3.78. The predicted molar refractivity (Wildman–Crippen MR) is 55.1 cm³/mol. The summed E-state index contributed by atoms with van der Waals surface area (Å²) in [6.07, 6.45) is 0. The van der Waals surface area contributed by atoms with Crippen molar-refractivity contribution in [2.24, 2.45) is 0 Å². The van der Waals surface area contributed by atoms with E-state index in [1.807, 2.05) is 12.1 Å². The quantitative estimate of drug-likeness (QED) is 0.476. The zero-order valence-electron chi connectivity index (χ0n) is 8.22. The van der Waals surface area contributed by atoms with Crippen molar-refractivity contribution < 1.29 is 18.9 Å². The minimum absolute atomic E-state index is 0. The van der Waals surface area contributed by atoms with E-state index in [9.17, 15) is 0 Å². The minimum atomic E-state index is -1.88. The summed E-state index contributed by atoms with van der Waals surface area (Å²) in [5.74, 6) is 0. The van der Waals surface area contributed by atoms with Gasteiger partial charge in [-0.2, -0.15) is 0 Å². The second-order valence-corrected chi connectivity index (χ2v) is 18.6. The Hall–Kier alpha value is 0.836. The maximum absolute atomic E-state index is 5.25. The third-order valence-corrected chi connectivity index (χ3v) is 8.42. The molecule has 0 aliphatic rings. The van der Waals surface area contributed by atoms with E-state index >= 15 is 0 Å². The van der Waals surface area contributed by atoms with Gasteiger partial charge in [-0.25, -0.2) is 0 Å². The van der Waals surface area contributed by atoms with Gasteiger partial charge in [-0.05, 0) is 0 Å². The Morgan fingerprint density at radius 2 is 1.58 bits per heavy atom. The van der Waals surface area contributed by atoms with Crippen LogP contribution in [0.3, 0.4) is 0 Å². The standard InChI is InChI=1S/C6H5S.3CH3.Li.Sn/c7-6-4-2-1-3-5-6;;;;;/h1-4,7H;3*1H3;;/q;;;;+1;/p-1. The van der Waals surface area contributed by atoms with Crippen molar-refractivity contribution in [1.82, 2.24) is 0 Å². The van der Waals surface area contributed by atoms with Crippen molar-refractivity contribution in [1.29, 1.82) is 0 Å². The molecule has 3 heteroatoms. The summed E-state index contributed by atoms with van der Waals surface area (Å²) in [5, 5.41) is 0. The molecule has 1 aromatic rings. The molecular weight excluding hydrogens is 266 g/mol. The Morgan fingerprint density at radius 1 is 1.08 bits per heavy atom. The fraction of sp³-hybridized carbons (Fsp3) is 0.333.